The molecule has 0 aromatic rings. The maximum Gasteiger partial charge on any atom is 0.0823 e. The van der Waals surface area contributed by atoms with Crippen LogP contribution in [0.25, 0.3) is 0 Å². The molecule has 0 atom stereocenters. The molecule has 3 nitrogen and oxygen atoms in total. The van der Waals surface area contributed by atoms with Gasteiger partial charge in [0.1, 0.15) is 0 Å². The Bertz CT molecular complexity index is 188. The summed E-state index contributed by atoms with van der Waals surface area (Å²) in [4.78, 5) is 0. The first-order valence-corrected chi connectivity index (χ1v) is 6.86. The molecule has 0 unspecified atom stereocenters. The van der Waals surface area contributed by atoms with Gasteiger partial charge in [-0.3, -0.25) is 0 Å². The molecular formula is C11H19BrO3. The fourth-order valence-corrected chi connectivity index (χ4v) is 2.49. The second-order valence-corrected chi connectivity index (χ2v) is 4.91. The highest BCUT2D eigenvalue weighted by molar-refractivity contribution is 9.09. The van der Waals surface area contributed by atoms with Crippen LogP contribution in [0, 0.1) is 0 Å². The van der Waals surface area contributed by atoms with Gasteiger partial charge in [0.2, 0.25) is 0 Å². The van der Waals surface area contributed by atoms with Gasteiger partial charge in [0.15, 0.2) is 0 Å². The highest BCUT2D eigenvalue weighted by Crippen LogP contribution is 2.28. The van der Waals surface area contributed by atoms with Gasteiger partial charge >= 0.3 is 0 Å². The second-order valence-electron chi connectivity index (χ2n) is 4.35. The summed E-state index contributed by atoms with van der Waals surface area (Å²) < 4.78 is 16.9. The van der Waals surface area contributed by atoms with E-state index in [0.29, 0.717) is 12.7 Å². The molecule has 2 fully saturated rings. The molecule has 1 aliphatic carbocycles. The third-order valence-electron chi connectivity index (χ3n) is 3.02. The predicted molar refractivity (Wildman–Crippen MR) is 61.5 cm³/mol. The van der Waals surface area contributed by atoms with Gasteiger partial charge in [-0.05, 0) is 12.8 Å². The van der Waals surface area contributed by atoms with Crippen LogP contribution in [-0.2, 0) is 14.2 Å². The maximum atomic E-state index is 5.95. The first-order valence-electron chi connectivity index (χ1n) is 5.74. The summed E-state index contributed by atoms with van der Waals surface area (Å²) in [5.41, 5.74) is -0.00877. The molecular weight excluding hydrogens is 260 g/mol. The maximum absolute atomic E-state index is 5.95. The van der Waals surface area contributed by atoms with Crippen molar-refractivity contribution in [2.75, 3.05) is 31.8 Å². The summed E-state index contributed by atoms with van der Waals surface area (Å²) in [6.45, 7) is 3.08. The van der Waals surface area contributed by atoms with Crippen LogP contribution in [0.4, 0.5) is 0 Å². The molecule has 1 saturated heterocycles. The van der Waals surface area contributed by atoms with E-state index in [1.165, 1.54) is 12.8 Å². The minimum atomic E-state index is -0.00877. The average molecular weight is 279 g/mol. The normalized spacial score (nSPS) is 25.4. The van der Waals surface area contributed by atoms with E-state index in [4.69, 9.17) is 14.2 Å². The smallest absolute Gasteiger partial charge is 0.0823 e. The Morgan fingerprint density at radius 2 is 1.93 bits per heavy atom. The molecule has 0 radical (unpaired) electrons. The van der Waals surface area contributed by atoms with Gasteiger partial charge in [-0.1, -0.05) is 15.9 Å². The van der Waals surface area contributed by atoms with Crippen molar-refractivity contribution in [2.24, 2.45) is 0 Å². The van der Waals surface area contributed by atoms with Crippen molar-refractivity contribution in [3.63, 3.8) is 0 Å². The third kappa shape index (κ3) is 3.70. The molecule has 2 aliphatic rings. The van der Waals surface area contributed by atoms with Crippen molar-refractivity contribution in [1.29, 1.82) is 0 Å². The fourth-order valence-electron chi connectivity index (χ4n) is 1.77. The van der Waals surface area contributed by atoms with Gasteiger partial charge < -0.3 is 14.2 Å². The van der Waals surface area contributed by atoms with Crippen molar-refractivity contribution in [3.8, 4) is 0 Å². The van der Waals surface area contributed by atoms with E-state index in [2.05, 4.69) is 15.9 Å². The Morgan fingerprint density at radius 3 is 2.53 bits per heavy atom. The largest absolute Gasteiger partial charge is 0.381 e. The molecule has 0 spiro atoms. The van der Waals surface area contributed by atoms with Crippen molar-refractivity contribution in [2.45, 2.75) is 37.4 Å². The zero-order valence-corrected chi connectivity index (χ0v) is 10.6. The van der Waals surface area contributed by atoms with Gasteiger partial charge in [0.05, 0.1) is 24.9 Å². The Kier molecular flexibility index (Phi) is 4.43. The standard InChI is InChI=1S/C11H19BrO3/c12-9-11(3-5-13-6-4-11)15-8-7-14-10-1-2-10/h10H,1-9H2. The molecule has 88 valence electrons. The monoisotopic (exact) mass is 278 g/mol. The van der Waals surface area contributed by atoms with E-state index in [9.17, 15) is 0 Å². The number of hydrogen-bond acceptors (Lipinski definition) is 3. The highest BCUT2D eigenvalue weighted by Gasteiger charge is 2.32. The van der Waals surface area contributed by atoms with E-state index in [-0.39, 0.29) is 5.60 Å². The van der Waals surface area contributed by atoms with Crippen LogP contribution in [0.1, 0.15) is 25.7 Å². The Morgan fingerprint density at radius 1 is 1.20 bits per heavy atom. The molecule has 2 rings (SSSR count). The first kappa shape index (κ1) is 11.8. The average Bonchev–Trinajstić information content (AvgIpc) is 3.10. The number of rotatable bonds is 6. The van der Waals surface area contributed by atoms with Gasteiger partial charge in [0.25, 0.3) is 0 Å². The lowest BCUT2D eigenvalue weighted by molar-refractivity contribution is -0.108. The lowest BCUT2D eigenvalue weighted by Gasteiger charge is -2.35. The fraction of sp³-hybridized carbons (Fsp3) is 1.00. The quantitative estimate of drug-likeness (QED) is 0.550. The molecule has 1 saturated carbocycles. The number of hydrogen-bond donors (Lipinski definition) is 0. The van der Waals surface area contributed by atoms with Gasteiger partial charge in [-0.15, -0.1) is 0 Å². The third-order valence-corrected chi connectivity index (χ3v) is 4.04. The Hall–Kier alpha value is 0.360. The molecule has 15 heavy (non-hydrogen) atoms. The van der Waals surface area contributed by atoms with Crippen LogP contribution in [-0.4, -0.2) is 43.5 Å². The van der Waals surface area contributed by atoms with Crippen LogP contribution in [0.2, 0.25) is 0 Å². The summed E-state index contributed by atoms with van der Waals surface area (Å²) in [6, 6.07) is 0. The lowest BCUT2D eigenvalue weighted by atomic mass is 9.97. The van der Waals surface area contributed by atoms with Crippen LogP contribution in [0.3, 0.4) is 0 Å². The molecule has 0 aromatic carbocycles. The summed E-state index contributed by atoms with van der Waals surface area (Å²) in [5, 5.41) is 0.896. The van der Waals surface area contributed by atoms with Gasteiger partial charge in [0, 0.05) is 31.4 Å². The van der Waals surface area contributed by atoms with Crippen LogP contribution >= 0.6 is 15.9 Å². The summed E-state index contributed by atoms with van der Waals surface area (Å²) in [5.74, 6) is 0. The molecule has 0 amide bonds. The second kappa shape index (κ2) is 5.62. The lowest BCUT2D eigenvalue weighted by Crippen LogP contribution is -2.41. The molecule has 0 N–H and O–H groups in total. The van der Waals surface area contributed by atoms with Crippen molar-refractivity contribution in [1.82, 2.24) is 0 Å². The minimum absolute atomic E-state index is 0.00877. The predicted octanol–water partition coefficient (Wildman–Crippen LogP) is 2.13. The van der Waals surface area contributed by atoms with Crippen LogP contribution in [0.5, 0.6) is 0 Å². The molecule has 1 heterocycles. The molecule has 0 aromatic heterocycles. The summed E-state index contributed by atoms with van der Waals surface area (Å²) in [6.07, 6.45) is 4.97. The van der Waals surface area contributed by atoms with Crippen molar-refractivity contribution < 1.29 is 14.2 Å². The van der Waals surface area contributed by atoms with Crippen molar-refractivity contribution >= 4 is 15.9 Å². The zero-order chi connectivity index (χ0) is 10.6. The van der Waals surface area contributed by atoms with E-state index < -0.39 is 0 Å². The van der Waals surface area contributed by atoms with Crippen LogP contribution in [0.15, 0.2) is 0 Å². The van der Waals surface area contributed by atoms with E-state index in [0.717, 1.165) is 38.0 Å². The summed E-state index contributed by atoms with van der Waals surface area (Å²) >= 11 is 3.54. The Balaban J connectivity index is 1.64. The number of halogens is 1. The number of ether oxygens (including phenoxy) is 3. The van der Waals surface area contributed by atoms with E-state index >= 15 is 0 Å². The first-order chi connectivity index (χ1) is 7.35. The minimum Gasteiger partial charge on any atom is -0.381 e. The Labute approximate surface area is 99.6 Å². The molecule has 1 aliphatic heterocycles. The van der Waals surface area contributed by atoms with Gasteiger partial charge in [-0.25, -0.2) is 0 Å². The van der Waals surface area contributed by atoms with Crippen LogP contribution < -0.4 is 0 Å². The SMILES string of the molecule is BrCC1(OCCOC2CC2)CCOCC1. The zero-order valence-electron chi connectivity index (χ0n) is 9.04. The van der Waals surface area contributed by atoms with E-state index in [1.807, 2.05) is 0 Å². The molecule has 4 heteroatoms. The van der Waals surface area contributed by atoms with E-state index in [1.54, 1.807) is 0 Å². The van der Waals surface area contributed by atoms with Crippen molar-refractivity contribution in [3.05, 3.63) is 0 Å². The topological polar surface area (TPSA) is 27.7 Å². The molecule has 0 bridgehead atoms. The summed E-state index contributed by atoms with van der Waals surface area (Å²) in [7, 11) is 0. The van der Waals surface area contributed by atoms with Gasteiger partial charge in [-0.2, -0.15) is 0 Å². The number of alkyl halides is 1. The highest BCUT2D eigenvalue weighted by atomic mass is 79.9.